The fourth-order valence-electron chi connectivity index (χ4n) is 2.04. The van der Waals surface area contributed by atoms with Gasteiger partial charge in [0.25, 0.3) is 0 Å². The first kappa shape index (κ1) is 15.1. The monoisotopic (exact) mass is 249 g/mol. The lowest BCUT2D eigenvalue weighted by atomic mass is 10.2. The number of nitrogens with zero attached hydrogens (tertiary/aromatic N) is 2. The Kier molecular flexibility index (Phi) is 7.62. The summed E-state index contributed by atoms with van der Waals surface area (Å²) in [6.45, 7) is 12.1. The Morgan fingerprint density at radius 1 is 1.22 bits per heavy atom. The summed E-state index contributed by atoms with van der Waals surface area (Å²) in [4.78, 5) is 6.82. The zero-order valence-electron chi connectivity index (χ0n) is 12.1. The van der Waals surface area contributed by atoms with Crippen molar-refractivity contribution in [1.82, 2.24) is 15.2 Å². The van der Waals surface area contributed by atoms with Gasteiger partial charge in [0.2, 0.25) is 0 Å². The Hall–Kier alpha value is -0.930. The second-order valence-electron chi connectivity index (χ2n) is 4.74. The molecule has 1 N–H and O–H groups in total. The van der Waals surface area contributed by atoms with Crippen molar-refractivity contribution in [2.24, 2.45) is 0 Å². The minimum absolute atomic E-state index is 0.882. The molecule has 0 amide bonds. The molecule has 0 saturated heterocycles. The van der Waals surface area contributed by atoms with Crippen molar-refractivity contribution < 1.29 is 0 Å². The molecule has 0 radical (unpaired) electrons. The van der Waals surface area contributed by atoms with Crippen LogP contribution in [0.2, 0.25) is 0 Å². The molecule has 0 bridgehead atoms. The van der Waals surface area contributed by atoms with E-state index in [1.165, 1.54) is 24.9 Å². The van der Waals surface area contributed by atoms with Gasteiger partial charge in [0.05, 0.1) is 5.69 Å². The minimum Gasteiger partial charge on any atom is -0.311 e. The van der Waals surface area contributed by atoms with E-state index in [1.54, 1.807) is 0 Å². The van der Waals surface area contributed by atoms with Crippen LogP contribution in [0.5, 0.6) is 0 Å². The molecule has 1 aromatic rings. The molecular formula is C15H27N3. The van der Waals surface area contributed by atoms with E-state index >= 15 is 0 Å². The number of hydrogen-bond donors (Lipinski definition) is 1. The molecule has 0 aliphatic rings. The zero-order valence-corrected chi connectivity index (χ0v) is 12.1. The van der Waals surface area contributed by atoms with Gasteiger partial charge in [-0.3, -0.25) is 4.98 Å². The number of unbranched alkanes of at least 4 members (excludes halogenated alkanes) is 1. The van der Waals surface area contributed by atoms with E-state index in [2.05, 4.69) is 42.0 Å². The van der Waals surface area contributed by atoms with Crippen molar-refractivity contribution in [3.8, 4) is 0 Å². The predicted octanol–water partition coefficient (Wildman–Crippen LogP) is 2.60. The van der Waals surface area contributed by atoms with Gasteiger partial charge in [0.15, 0.2) is 0 Å². The van der Waals surface area contributed by atoms with Gasteiger partial charge in [-0.2, -0.15) is 0 Å². The lowest BCUT2D eigenvalue weighted by Gasteiger charge is -2.17. The quantitative estimate of drug-likeness (QED) is 0.682. The van der Waals surface area contributed by atoms with Crippen LogP contribution in [0.25, 0.3) is 0 Å². The van der Waals surface area contributed by atoms with Gasteiger partial charge in [0.1, 0.15) is 0 Å². The summed E-state index contributed by atoms with van der Waals surface area (Å²) in [7, 11) is 0. The summed E-state index contributed by atoms with van der Waals surface area (Å²) in [6, 6.07) is 4.18. The summed E-state index contributed by atoms with van der Waals surface area (Å²) in [5, 5.41) is 3.46. The highest BCUT2D eigenvalue weighted by Gasteiger charge is 1.98. The molecule has 0 aromatic carbocycles. The summed E-state index contributed by atoms with van der Waals surface area (Å²) in [5.41, 5.74) is 2.42. The van der Waals surface area contributed by atoms with Crippen LogP contribution in [0.4, 0.5) is 0 Å². The molecule has 3 heteroatoms. The highest BCUT2D eigenvalue weighted by molar-refractivity contribution is 5.14. The zero-order chi connectivity index (χ0) is 13.2. The highest BCUT2D eigenvalue weighted by atomic mass is 15.1. The number of nitrogens with one attached hydrogen (secondary N) is 1. The van der Waals surface area contributed by atoms with Crippen LogP contribution in [0.3, 0.4) is 0 Å². The molecular weight excluding hydrogens is 222 g/mol. The fourth-order valence-corrected chi connectivity index (χ4v) is 2.04. The molecule has 3 nitrogen and oxygen atoms in total. The maximum atomic E-state index is 4.34. The molecule has 1 heterocycles. The summed E-state index contributed by atoms with van der Waals surface area (Å²) in [5.74, 6) is 0. The van der Waals surface area contributed by atoms with Crippen LogP contribution in [0.1, 0.15) is 37.9 Å². The fraction of sp³-hybridized carbons (Fsp3) is 0.667. The van der Waals surface area contributed by atoms with E-state index in [4.69, 9.17) is 0 Å². The van der Waals surface area contributed by atoms with E-state index in [9.17, 15) is 0 Å². The highest BCUT2D eigenvalue weighted by Crippen LogP contribution is 1.99. The largest absolute Gasteiger partial charge is 0.311 e. The number of aromatic nitrogens is 1. The van der Waals surface area contributed by atoms with E-state index < -0.39 is 0 Å². The average Bonchev–Trinajstić information content (AvgIpc) is 2.38. The van der Waals surface area contributed by atoms with Crippen molar-refractivity contribution in [3.05, 3.63) is 29.6 Å². The Morgan fingerprint density at radius 3 is 2.67 bits per heavy atom. The van der Waals surface area contributed by atoms with Crippen LogP contribution >= 0.6 is 0 Å². The topological polar surface area (TPSA) is 28.2 Å². The molecule has 0 aliphatic heterocycles. The number of aryl methyl sites for hydroxylation is 1. The maximum Gasteiger partial charge on any atom is 0.0544 e. The van der Waals surface area contributed by atoms with Gasteiger partial charge in [-0.1, -0.05) is 13.8 Å². The number of hydrogen-bond acceptors (Lipinski definition) is 3. The van der Waals surface area contributed by atoms with Gasteiger partial charge >= 0.3 is 0 Å². The van der Waals surface area contributed by atoms with E-state index in [-0.39, 0.29) is 0 Å². The third kappa shape index (κ3) is 6.12. The third-order valence-corrected chi connectivity index (χ3v) is 3.25. The maximum absolute atomic E-state index is 4.34. The van der Waals surface area contributed by atoms with Crippen LogP contribution in [0, 0.1) is 6.92 Å². The lowest BCUT2D eigenvalue weighted by molar-refractivity contribution is 0.296. The first-order valence-electron chi connectivity index (χ1n) is 7.10. The predicted molar refractivity (Wildman–Crippen MR) is 77.7 cm³/mol. The molecule has 18 heavy (non-hydrogen) atoms. The minimum atomic E-state index is 0.882. The number of pyridine rings is 1. The van der Waals surface area contributed by atoms with Crippen LogP contribution in [-0.4, -0.2) is 36.1 Å². The first-order chi connectivity index (χ1) is 8.76. The molecule has 0 atom stereocenters. The van der Waals surface area contributed by atoms with E-state index in [0.29, 0.717) is 0 Å². The third-order valence-electron chi connectivity index (χ3n) is 3.25. The van der Waals surface area contributed by atoms with Crippen molar-refractivity contribution in [1.29, 1.82) is 0 Å². The van der Waals surface area contributed by atoms with Crippen LogP contribution in [-0.2, 0) is 6.54 Å². The Morgan fingerprint density at radius 2 is 2.00 bits per heavy atom. The van der Waals surface area contributed by atoms with Gasteiger partial charge in [0, 0.05) is 12.7 Å². The average molecular weight is 249 g/mol. The Labute approximate surface area is 112 Å². The lowest BCUT2D eigenvalue weighted by Crippen LogP contribution is -2.25. The molecule has 102 valence electrons. The van der Waals surface area contributed by atoms with Crippen molar-refractivity contribution in [3.63, 3.8) is 0 Å². The summed E-state index contributed by atoms with van der Waals surface area (Å²) in [6.07, 6.45) is 4.39. The Bertz CT molecular complexity index is 321. The standard InChI is InChI=1S/C15H27N3/c1-4-18(5-2)11-7-6-9-16-13-15-12-14(3)8-10-17-15/h8,10,12,16H,4-7,9,11,13H2,1-3H3. The second-order valence-corrected chi connectivity index (χ2v) is 4.74. The normalized spacial score (nSPS) is 11.1. The molecule has 0 spiro atoms. The molecule has 1 aromatic heterocycles. The first-order valence-corrected chi connectivity index (χ1v) is 7.10. The molecule has 1 rings (SSSR count). The van der Waals surface area contributed by atoms with Crippen LogP contribution in [0.15, 0.2) is 18.3 Å². The van der Waals surface area contributed by atoms with Gasteiger partial charge < -0.3 is 10.2 Å². The SMILES string of the molecule is CCN(CC)CCCCNCc1cc(C)ccn1. The smallest absolute Gasteiger partial charge is 0.0544 e. The van der Waals surface area contributed by atoms with Crippen molar-refractivity contribution in [2.75, 3.05) is 26.2 Å². The van der Waals surface area contributed by atoms with Gasteiger partial charge in [-0.25, -0.2) is 0 Å². The molecule has 0 fully saturated rings. The van der Waals surface area contributed by atoms with Gasteiger partial charge in [-0.15, -0.1) is 0 Å². The van der Waals surface area contributed by atoms with Crippen molar-refractivity contribution in [2.45, 2.75) is 40.2 Å². The molecule has 0 aliphatic carbocycles. The molecule has 0 unspecified atom stereocenters. The Balaban J connectivity index is 2.05. The number of rotatable bonds is 9. The van der Waals surface area contributed by atoms with Crippen molar-refractivity contribution >= 4 is 0 Å². The van der Waals surface area contributed by atoms with Gasteiger partial charge in [-0.05, 0) is 63.6 Å². The second kappa shape index (κ2) is 9.06. The van der Waals surface area contributed by atoms with E-state index in [0.717, 1.165) is 31.9 Å². The summed E-state index contributed by atoms with van der Waals surface area (Å²) >= 11 is 0. The summed E-state index contributed by atoms with van der Waals surface area (Å²) < 4.78 is 0. The molecule has 0 saturated carbocycles. The van der Waals surface area contributed by atoms with Crippen LogP contribution < -0.4 is 5.32 Å². The van der Waals surface area contributed by atoms with E-state index in [1.807, 2.05) is 12.3 Å².